The van der Waals surface area contributed by atoms with Crippen LogP contribution in [-0.2, 0) is 6.42 Å². The highest BCUT2D eigenvalue weighted by molar-refractivity contribution is 5.20. The minimum absolute atomic E-state index is 0.226. The highest BCUT2D eigenvalue weighted by Gasteiger charge is 2.11. The molecule has 2 aromatic rings. The zero-order valence-electron chi connectivity index (χ0n) is 9.11. The third-order valence-electron chi connectivity index (χ3n) is 2.47. The van der Waals surface area contributed by atoms with Gasteiger partial charge in [0.1, 0.15) is 17.3 Å². The fraction of sp³-hybridized carbons (Fsp3) is 0.231. The molecule has 0 aliphatic carbocycles. The van der Waals surface area contributed by atoms with Crippen LogP contribution in [0.15, 0.2) is 40.8 Å². The number of hydrogen-bond donors (Lipinski definition) is 1. The summed E-state index contributed by atoms with van der Waals surface area (Å²) < 4.78 is 18.4. The fourth-order valence-corrected chi connectivity index (χ4v) is 1.67. The number of aryl methyl sites for hydroxylation is 1. The molecule has 0 aliphatic heterocycles. The molecule has 16 heavy (non-hydrogen) atoms. The minimum Gasteiger partial charge on any atom is -0.465 e. The lowest BCUT2D eigenvalue weighted by Gasteiger charge is -2.08. The van der Waals surface area contributed by atoms with Crippen molar-refractivity contribution in [3.63, 3.8) is 0 Å². The third kappa shape index (κ3) is 2.49. The second-order valence-electron chi connectivity index (χ2n) is 3.89. The van der Waals surface area contributed by atoms with E-state index < -0.39 is 0 Å². The van der Waals surface area contributed by atoms with E-state index in [9.17, 15) is 4.39 Å². The van der Waals surface area contributed by atoms with Crippen LogP contribution in [0.2, 0.25) is 0 Å². The quantitative estimate of drug-likeness (QED) is 0.861. The van der Waals surface area contributed by atoms with Gasteiger partial charge in [-0.15, -0.1) is 0 Å². The molecule has 0 fully saturated rings. The maximum atomic E-state index is 13.0. The van der Waals surface area contributed by atoms with E-state index in [-0.39, 0.29) is 11.9 Å². The number of halogens is 1. The number of benzene rings is 1. The Bertz CT molecular complexity index is 478. The molecule has 0 bridgehead atoms. The summed E-state index contributed by atoms with van der Waals surface area (Å²) in [6.45, 7) is 1.87. The zero-order chi connectivity index (χ0) is 11.5. The molecule has 0 saturated carbocycles. The molecule has 84 valence electrons. The van der Waals surface area contributed by atoms with Crippen LogP contribution < -0.4 is 5.73 Å². The van der Waals surface area contributed by atoms with E-state index in [1.807, 2.05) is 25.1 Å². The van der Waals surface area contributed by atoms with Crippen molar-refractivity contribution < 1.29 is 8.81 Å². The van der Waals surface area contributed by atoms with Crippen molar-refractivity contribution in [3.8, 4) is 0 Å². The monoisotopic (exact) mass is 219 g/mol. The Morgan fingerprint density at radius 1 is 1.31 bits per heavy atom. The van der Waals surface area contributed by atoms with Crippen molar-refractivity contribution >= 4 is 0 Å². The zero-order valence-corrected chi connectivity index (χ0v) is 9.11. The Hall–Kier alpha value is -1.61. The van der Waals surface area contributed by atoms with Crippen molar-refractivity contribution in [2.75, 3.05) is 0 Å². The molecule has 1 atom stereocenters. The van der Waals surface area contributed by atoms with Crippen LogP contribution in [0.4, 0.5) is 4.39 Å². The van der Waals surface area contributed by atoms with Crippen molar-refractivity contribution in [2.45, 2.75) is 19.4 Å². The van der Waals surface area contributed by atoms with E-state index in [2.05, 4.69) is 0 Å². The van der Waals surface area contributed by atoms with Gasteiger partial charge in [-0.05, 0) is 43.2 Å². The van der Waals surface area contributed by atoms with Gasteiger partial charge in [-0.25, -0.2) is 4.39 Å². The fourth-order valence-electron chi connectivity index (χ4n) is 1.67. The Balaban J connectivity index is 2.10. The van der Waals surface area contributed by atoms with Crippen molar-refractivity contribution in [2.24, 2.45) is 5.73 Å². The first-order chi connectivity index (χ1) is 7.65. The van der Waals surface area contributed by atoms with Gasteiger partial charge in [-0.1, -0.05) is 12.1 Å². The second-order valence-corrected chi connectivity index (χ2v) is 3.89. The first-order valence-corrected chi connectivity index (χ1v) is 5.21. The molecule has 1 aromatic carbocycles. The van der Waals surface area contributed by atoms with Crippen LogP contribution in [0.3, 0.4) is 0 Å². The maximum absolute atomic E-state index is 13.0. The lowest BCUT2D eigenvalue weighted by Crippen LogP contribution is -2.12. The largest absolute Gasteiger partial charge is 0.465 e. The van der Waals surface area contributed by atoms with Gasteiger partial charge < -0.3 is 10.2 Å². The summed E-state index contributed by atoms with van der Waals surface area (Å²) in [5, 5.41) is 0. The van der Waals surface area contributed by atoms with Crippen molar-refractivity contribution in [3.05, 3.63) is 59.3 Å². The lowest BCUT2D eigenvalue weighted by molar-refractivity contribution is 0.444. The highest BCUT2D eigenvalue weighted by atomic mass is 19.1. The number of hydrogen-bond acceptors (Lipinski definition) is 2. The first kappa shape index (κ1) is 10.9. The normalized spacial score (nSPS) is 12.7. The standard InChI is InChI=1S/C13H14FNO/c1-9-5-6-13(16-9)12(15)8-10-3-2-4-11(14)7-10/h2-7,12H,8,15H2,1H3. The van der Waals surface area contributed by atoms with E-state index in [4.69, 9.17) is 10.2 Å². The average Bonchev–Trinajstić information content (AvgIpc) is 2.65. The van der Waals surface area contributed by atoms with Gasteiger partial charge >= 0.3 is 0 Å². The minimum atomic E-state index is -0.236. The van der Waals surface area contributed by atoms with Crippen LogP contribution in [-0.4, -0.2) is 0 Å². The predicted molar refractivity (Wildman–Crippen MR) is 60.5 cm³/mol. The van der Waals surface area contributed by atoms with E-state index in [0.29, 0.717) is 6.42 Å². The van der Waals surface area contributed by atoms with Gasteiger partial charge in [0.05, 0.1) is 6.04 Å². The summed E-state index contributed by atoms with van der Waals surface area (Å²) in [7, 11) is 0. The van der Waals surface area contributed by atoms with Crippen LogP contribution in [0.5, 0.6) is 0 Å². The molecule has 1 unspecified atom stereocenters. The van der Waals surface area contributed by atoms with Gasteiger partial charge in [0, 0.05) is 0 Å². The summed E-state index contributed by atoms with van der Waals surface area (Å²) in [6, 6.07) is 9.97. The molecule has 2 nitrogen and oxygen atoms in total. The summed E-state index contributed by atoms with van der Waals surface area (Å²) in [5.41, 5.74) is 6.85. The molecule has 0 saturated heterocycles. The van der Waals surface area contributed by atoms with E-state index in [1.165, 1.54) is 12.1 Å². The molecule has 0 spiro atoms. The molecule has 2 rings (SSSR count). The van der Waals surface area contributed by atoms with Crippen LogP contribution in [0, 0.1) is 12.7 Å². The Kier molecular flexibility index (Phi) is 3.06. The molecular weight excluding hydrogens is 205 g/mol. The highest BCUT2D eigenvalue weighted by Crippen LogP contribution is 2.18. The van der Waals surface area contributed by atoms with E-state index >= 15 is 0 Å². The molecule has 2 N–H and O–H groups in total. The SMILES string of the molecule is Cc1ccc(C(N)Cc2cccc(F)c2)o1. The molecular formula is C13H14FNO. The molecule has 3 heteroatoms. The summed E-state index contributed by atoms with van der Waals surface area (Å²) in [4.78, 5) is 0. The second kappa shape index (κ2) is 4.49. The van der Waals surface area contributed by atoms with E-state index in [1.54, 1.807) is 6.07 Å². The number of furan rings is 1. The molecule has 1 heterocycles. The van der Waals surface area contributed by atoms with Crippen molar-refractivity contribution in [1.29, 1.82) is 0 Å². The Labute approximate surface area is 93.9 Å². The number of nitrogens with two attached hydrogens (primary N) is 1. The van der Waals surface area contributed by atoms with Gasteiger partial charge in [0.15, 0.2) is 0 Å². The van der Waals surface area contributed by atoms with Crippen molar-refractivity contribution in [1.82, 2.24) is 0 Å². The topological polar surface area (TPSA) is 39.2 Å². The summed E-state index contributed by atoms with van der Waals surface area (Å²) in [6.07, 6.45) is 0.574. The third-order valence-corrected chi connectivity index (χ3v) is 2.47. The predicted octanol–water partition coefficient (Wildman–Crippen LogP) is 2.97. The Morgan fingerprint density at radius 3 is 2.75 bits per heavy atom. The molecule has 0 radical (unpaired) electrons. The van der Waals surface area contributed by atoms with Gasteiger partial charge in [-0.3, -0.25) is 0 Å². The van der Waals surface area contributed by atoms with Gasteiger partial charge in [0.25, 0.3) is 0 Å². The van der Waals surface area contributed by atoms with Crippen LogP contribution in [0.25, 0.3) is 0 Å². The number of rotatable bonds is 3. The summed E-state index contributed by atoms with van der Waals surface area (Å²) in [5.74, 6) is 1.34. The average molecular weight is 219 g/mol. The lowest BCUT2D eigenvalue weighted by atomic mass is 10.0. The molecule has 0 amide bonds. The Morgan fingerprint density at radius 2 is 2.12 bits per heavy atom. The van der Waals surface area contributed by atoms with Gasteiger partial charge in [0.2, 0.25) is 0 Å². The smallest absolute Gasteiger partial charge is 0.123 e. The first-order valence-electron chi connectivity index (χ1n) is 5.21. The summed E-state index contributed by atoms with van der Waals surface area (Å²) >= 11 is 0. The van der Waals surface area contributed by atoms with Gasteiger partial charge in [-0.2, -0.15) is 0 Å². The van der Waals surface area contributed by atoms with Crippen LogP contribution >= 0.6 is 0 Å². The maximum Gasteiger partial charge on any atom is 0.123 e. The molecule has 0 aliphatic rings. The van der Waals surface area contributed by atoms with E-state index in [0.717, 1.165) is 17.1 Å². The van der Waals surface area contributed by atoms with Crippen LogP contribution in [0.1, 0.15) is 23.1 Å². The molecule has 1 aromatic heterocycles.